The maximum atomic E-state index is 7.44. The maximum absolute atomic E-state index is 7.44. The molecule has 0 fully saturated rings. The first-order valence-electron chi connectivity index (χ1n) is 6.67. The lowest BCUT2D eigenvalue weighted by Crippen LogP contribution is -2.23. The summed E-state index contributed by atoms with van der Waals surface area (Å²) in [4.78, 5) is 4.54. The Morgan fingerprint density at radius 2 is 1.89 bits per heavy atom. The van der Waals surface area contributed by atoms with Gasteiger partial charge in [0, 0.05) is 12.1 Å². The second kappa shape index (κ2) is 7.26. The molecule has 1 aromatic rings. The van der Waals surface area contributed by atoms with Gasteiger partial charge in [0.15, 0.2) is 0 Å². The third-order valence-corrected chi connectivity index (χ3v) is 3.24. The van der Waals surface area contributed by atoms with Crippen LogP contribution in [0.3, 0.4) is 0 Å². The van der Waals surface area contributed by atoms with Gasteiger partial charge in [-0.1, -0.05) is 12.1 Å². The van der Waals surface area contributed by atoms with Gasteiger partial charge >= 0.3 is 0 Å². The smallest absolute Gasteiger partial charge is 0.122 e. The maximum Gasteiger partial charge on any atom is 0.122 e. The molecule has 1 rings (SSSR count). The SMILES string of the molecule is Cc1cc(C(=N)N)ccc1CN(C)CCCN(C)C. The molecule has 3 N–H and O–H groups in total. The van der Waals surface area contributed by atoms with Gasteiger partial charge in [-0.15, -0.1) is 0 Å². The second-order valence-corrected chi connectivity index (χ2v) is 5.45. The number of nitrogens with two attached hydrogens (primary N) is 1. The van der Waals surface area contributed by atoms with Crippen LogP contribution in [-0.2, 0) is 6.54 Å². The molecular weight excluding hydrogens is 236 g/mol. The summed E-state index contributed by atoms with van der Waals surface area (Å²) in [6.07, 6.45) is 1.17. The van der Waals surface area contributed by atoms with E-state index in [9.17, 15) is 0 Å². The monoisotopic (exact) mass is 262 g/mol. The predicted octanol–water partition coefficient (Wildman–Crippen LogP) is 1.66. The number of hydrogen-bond donors (Lipinski definition) is 2. The Hall–Kier alpha value is -1.39. The Morgan fingerprint density at radius 3 is 2.42 bits per heavy atom. The van der Waals surface area contributed by atoms with Gasteiger partial charge in [0.2, 0.25) is 0 Å². The zero-order valence-electron chi connectivity index (χ0n) is 12.5. The van der Waals surface area contributed by atoms with Crippen molar-refractivity contribution in [1.29, 1.82) is 5.41 Å². The molecule has 0 atom stereocenters. The van der Waals surface area contributed by atoms with Crippen LogP contribution in [0.2, 0.25) is 0 Å². The molecule has 1 aromatic carbocycles. The van der Waals surface area contributed by atoms with Crippen molar-refractivity contribution in [3.8, 4) is 0 Å². The fourth-order valence-corrected chi connectivity index (χ4v) is 2.07. The zero-order valence-corrected chi connectivity index (χ0v) is 12.5. The van der Waals surface area contributed by atoms with Crippen LogP contribution in [0.25, 0.3) is 0 Å². The van der Waals surface area contributed by atoms with Crippen molar-refractivity contribution in [3.63, 3.8) is 0 Å². The van der Waals surface area contributed by atoms with Gasteiger partial charge in [-0.25, -0.2) is 0 Å². The largest absolute Gasteiger partial charge is 0.384 e. The minimum atomic E-state index is 0.133. The fraction of sp³-hybridized carbons (Fsp3) is 0.533. The fourth-order valence-electron chi connectivity index (χ4n) is 2.07. The van der Waals surface area contributed by atoms with E-state index in [4.69, 9.17) is 11.1 Å². The van der Waals surface area contributed by atoms with E-state index >= 15 is 0 Å². The lowest BCUT2D eigenvalue weighted by molar-refractivity contribution is 0.294. The molecule has 0 spiro atoms. The summed E-state index contributed by atoms with van der Waals surface area (Å²) < 4.78 is 0. The molecule has 0 aromatic heterocycles. The Morgan fingerprint density at radius 1 is 1.21 bits per heavy atom. The highest BCUT2D eigenvalue weighted by molar-refractivity contribution is 5.95. The molecule has 0 aliphatic heterocycles. The molecule has 0 heterocycles. The highest BCUT2D eigenvalue weighted by Crippen LogP contribution is 2.13. The lowest BCUT2D eigenvalue weighted by Gasteiger charge is -2.19. The van der Waals surface area contributed by atoms with Crippen LogP contribution in [0, 0.1) is 12.3 Å². The van der Waals surface area contributed by atoms with Crippen LogP contribution in [0.1, 0.15) is 23.1 Å². The summed E-state index contributed by atoms with van der Waals surface area (Å²) in [6, 6.07) is 6.00. The first kappa shape index (κ1) is 15.7. The van der Waals surface area contributed by atoms with Crippen molar-refractivity contribution in [1.82, 2.24) is 9.80 Å². The standard InChI is InChI=1S/C15H26N4/c1-12-10-13(15(16)17)6-7-14(12)11-19(4)9-5-8-18(2)3/h6-7,10H,5,8-9,11H2,1-4H3,(H3,16,17). The average molecular weight is 262 g/mol. The molecule has 0 unspecified atom stereocenters. The van der Waals surface area contributed by atoms with Crippen molar-refractivity contribution in [2.45, 2.75) is 19.9 Å². The number of rotatable bonds is 7. The minimum Gasteiger partial charge on any atom is -0.384 e. The molecule has 0 amide bonds. The van der Waals surface area contributed by atoms with E-state index in [0.29, 0.717) is 0 Å². The number of hydrogen-bond acceptors (Lipinski definition) is 3. The summed E-state index contributed by atoms with van der Waals surface area (Å²) in [6.45, 7) is 5.23. The number of nitrogens with one attached hydrogen (secondary N) is 1. The molecule has 19 heavy (non-hydrogen) atoms. The van der Waals surface area contributed by atoms with Gasteiger partial charge in [0.25, 0.3) is 0 Å². The molecule has 0 saturated carbocycles. The van der Waals surface area contributed by atoms with Gasteiger partial charge in [-0.2, -0.15) is 0 Å². The first-order valence-corrected chi connectivity index (χ1v) is 6.67. The third kappa shape index (κ3) is 5.41. The summed E-state index contributed by atoms with van der Waals surface area (Å²) >= 11 is 0. The average Bonchev–Trinajstić information content (AvgIpc) is 2.31. The van der Waals surface area contributed by atoms with Crippen molar-refractivity contribution in [2.24, 2.45) is 5.73 Å². The van der Waals surface area contributed by atoms with E-state index in [1.54, 1.807) is 0 Å². The molecule has 4 nitrogen and oxygen atoms in total. The quantitative estimate of drug-likeness (QED) is 0.580. The van der Waals surface area contributed by atoms with Crippen molar-refractivity contribution >= 4 is 5.84 Å². The van der Waals surface area contributed by atoms with E-state index in [1.165, 1.54) is 17.5 Å². The van der Waals surface area contributed by atoms with Crippen molar-refractivity contribution in [2.75, 3.05) is 34.2 Å². The molecule has 0 aliphatic rings. The molecule has 0 aliphatic carbocycles. The van der Waals surface area contributed by atoms with Gasteiger partial charge in [0.1, 0.15) is 5.84 Å². The highest BCUT2D eigenvalue weighted by atomic mass is 15.1. The first-order chi connectivity index (χ1) is 8.90. The number of aryl methyl sites for hydroxylation is 1. The third-order valence-electron chi connectivity index (χ3n) is 3.24. The number of nitrogens with zero attached hydrogens (tertiary/aromatic N) is 2. The number of amidine groups is 1. The summed E-state index contributed by atoms with van der Waals surface area (Å²) in [5.41, 5.74) is 8.80. The van der Waals surface area contributed by atoms with Gasteiger partial charge in [-0.3, -0.25) is 5.41 Å². The van der Waals surface area contributed by atoms with Crippen LogP contribution >= 0.6 is 0 Å². The Labute approximate surface area is 116 Å². The lowest BCUT2D eigenvalue weighted by atomic mass is 10.0. The summed E-state index contributed by atoms with van der Waals surface area (Å²) in [7, 11) is 6.35. The van der Waals surface area contributed by atoms with Crippen LogP contribution in [0.5, 0.6) is 0 Å². The van der Waals surface area contributed by atoms with Crippen LogP contribution in [-0.4, -0.2) is 49.9 Å². The molecule has 106 valence electrons. The normalized spacial score (nSPS) is 11.3. The molecule has 4 heteroatoms. The van der Waals surface area contributed by atoms with Gasteiger partial charge in [-0.05, 0) is 64.8 Å². The highest BCUT2D eigenvalue weighted by Gasteiger charge is 2.05. The second-order valence-electron chi connectivity index (χ2n) is 5.45. The van der Waals surface area contributed by atoms with Crippen molar-refractivity contribution in [3.05, 3.63) is 34.9 Å². The van der Waals surface area contributed by atoms with E-state index in [-0.39, 0.29) is 5.84 Å². The molecule has 0 saturated heterocycles. The summed E-state index contributed by atoms with van der Waals surface area (Å²) in [5, 5.41) is 7.44. The Bertz CT molecular complexity index is 426. The van der Waals surface area contributed by atoms with E-state index in [0.717, 1.165) is 25.2 Å². The van der Waals surface area contributed by atoms with Crippen LogP contribution in [0.15, 0.2) is 18.2 Å². The van der Waals surface area contributed by atoms with E-state index in [2.05, 4.69) is 43.9 Å². The Balaban J connectivity index is 2.54. The van der Waals surface area contributed by atoms with E-state index < -0.39 is 0 Å². The minimum absolute atomic E-state index is 0.133. The molecule has 0 radical (unpaired) electrons. The molecular formula is C15H26N4. The summed E-state index contributed by atoms with van der Waals surface area (Å²) in [5.74, 6) is 0.133. The molecule has 0 bridgehead atoms. The van der Waals surface area contributed by atoms with Gasteiger partial charge in [0.05, 0.1) is 0 Å². The number of benzene rings is 1. The van der Waals surface area contributed by atoms with Gasteiger partial charge < -0.3 is 15.5 Å². The zero-order chi connectivity index (χ0) is 14.4. The number of nitrogen functional groups attached to an aromatic ring is 1. The van der Waals surface area contributed by atoms with Crippen LogP contribution < -0.4 is 5.73 Å². The Kier molecular flexibility index (Phi) is 5.99. The topological polar surface area (TPSA) is 56.4 Å². The van der Waals surface area contributed by atoms with Crippen molar-refractivity contribution < 1.29 is 0 Å². The van der Waals surface area contributed by atoms with Crippen LogP contribution in [0.4, 0.5) is 0 Å². The predicted molar refractivity (Wildman–Crippen MR) is 81.7 cm³/mol. The van der Waals surface area contributed by atoms with E-state index in [1.807, 2.05) is 12.1 Å².